The Hall–Kier alpha value is -1.35. The minimum absolute atomic E-state index is 0. The van der Waals surface area contributed by atoms with Gasteiger partial charge < -0.3 is 15.5 Å². The third-order valence-electron chi connectivity index (χ3n) is 6.52. The molecule has 1 aliphatic carbocycles. The number of hydrogen-bond acceptors (Lipinski definition) is 3. The Balaban J connectivity index is 0.00000341. The standard InChI is InChI=1S/C24H39N5O.HI/c1-19(20-10-6-4-7-11-20)29-16-14-22(15-17-29)27-24(25-18-23(30)28(2)3)26-21-12-8-5-9-13-21;/h4,6-7,10-11,19,21-22H,5,8-9,12-18H2,1-3H3,(H2,25,26,27);1H. The molecule has 7 heteroatoms. The number of amides is 1. The maximum Gasteiger partial charge on any atom is 0.243 e. The normalized spacial score (nSPS) is 19.9. The highest BCUT2D eigenvalue weighted by Crippen LogP contribution is 2.24. The van der Waals surface area contributed by atoms with Crippen molar-refractivity contribution in [3.8, 4) is 0 Å². The van der Waals surface area contributed by atoms with E-state index in [1.165, 1.54) is 37.7 Å². The topological polar surface area (TPSA) is 60.0 Å². The van der Waals surface area contributed by atoms with Gasteiger partial charge in [-0.2, -0.15) is 0 Å². The van der Waals surface area contributed by atoms with E-state index in [2.05, 4.69) is 57.8 Å². The number of halogens is 1. The molecule has 2 fully saturated rings. The van der Waals surface area contributed by atoms with Gasteiger partial charge in [-0.3, -0.25) is 9.69 Å². The van der Waals surface area contributed by atoms with Crippen LogP contribution in [-0.2, 0) is 4.79 Å². The van der Waals surface area contributed by atoms with Crippen molar-refractivity contribution < 1.29 is 4.79 Å². The molecule has 31 heavy (non-hydrogen) atoms. The van der Waals surface area contributed by atoms with E-state index in [1.807, 2.05) is 0 Å². The van der Waals surface area contributed by atoms with Gasteiger partial charge in [0.25, 0.3) is 0 Å². The van der Waals surface area contributed by atoms with Gasteiger partial charge in [0.1, 0.15) is 6.54 Å². The number of aliphatic imine (C=N–C) groups is 1. The second-order valence-corrected chi connectivity index (χ2v) is 8.97. The summed E-state index contributed by atoms with van der Waals surface area (Å²) in [6.45, 7) is 4.63. The molecule has 0 aromatic heterocycles. The molecule has 6 nitrogen and oxygen atoms in total. The highest BCUT2D eigenvalue weighted by molar-refractivity contribution is 14.0. The lowest BCUT2D eigenvalue weighted by Crippen LogP contribution is -2.51. The maximum atomic E-state index is 12.0. The fourth-order valence-electron chi connectivity index (χ4n) is 4.43. The number of piperidine rings is 1. The van der Waals surface area contributed by atoms with Crippen molar-refractivity contribution in [3.63, 3.8) is 0 Å². The summed E-state index contributed by atoms with van der Waals surface area (Å²) >= 11 is 0. The van der Waals surface area contributed by atoms with E-state index in [1.54, 1.807) is 19.0 Å². The molecule has 1 atom stereocenters. The van der Waals surface area contributed by atoms with Crippen molar-refractivity contribution in [2.45, 2.75) is 70.0 Å². The first-order valence-corrected chi connectivity index (χ1v) is 11.6. The molecule has 1 unspecified atom stereocenters. The average Bonchev–Trinajstić information content (AvgIpc) is 2.78. The number of benzene rings is 1. The van der Waals surface area contributed by atoms with Crippen LogP contribution in [-0.4, -0.2) is 67.5 Å². The summed E-state index contributed by atoms with van der Waals surface area (Å²) in [7, 11) is 3.56. The molecule has 3 rings (SSSR count). The highest BCUT2D eigenvalue weighted by Gasteiger charge is 2.25. The van der Waals surface area contributed by atoms with Crippen LogP contribution >= 0.6 is 24.0 Å². The quantitative estimate of drug-likeness (QED) is 0.327. The van der Waals surface area contributed by atoms with Gasteiger partial charge in [-0.05, 0) is 38.2 Å². The van der Waals surface area contributed by atoms with Crippen LogP contribution in [0.3, 0.4) is 0 Å². The summed E-state index contributed by atoms with van der Waals surface area (Å²) < 4.78 is 0. The molecule has 1 aliphatic heterocycles. The molecule has 2 aliphatic rings. The van der Waals surface area contributed by atoms with Gasteiger partial charge in [-0.1, -0.05) is 49.6 Å². The first kappa shape index (κ1) is 25.9. The van der Waals surface area contributed by atoms with Gasteiger partial charge in [0, 0.05) is 45.3 Å². The van der Waals surface area contributed by atoms with Crippen LogP contribution in [0.15, 0.2) is 35.3 Å². The summed E-state index contributed by atoms with van der Waals surface area (Å²) in [6.07, 6.45) is 8.43. The minimum atomic E-state index is 0. The number of carbonyl (C=O) groups is 1. The Morgan fingerprint density at radius 3 is 2.19 bits per heavy atom. The molecule has 2 N–H and O–H groups in total. The van der Waals surface area contributed by atoms with E-state index in [0.717, 1.165) is 31.9 Å². The van der Waals surface area contributed by atoms with Crippen LogP contribution in [0, 0.1) is 0 Å². The van der Waals surface area contributed by atoms with Gasteiger partial charge in [0.15, 0.2) is 5.96 Å². The molecular weight excluding hydrogens is 501 g/mol. The van der Waals surface area contributed by atoms with Gasteiger partial charge in [-0.15, -0.1) is 24.0 Å². The Bertz CT molecular complexity index is 682. The zero-order chi connectivity index (χ0) is 21.3. The van der Waals surface area contributed by atoms with Gasteiger partial charge in [0.05, 0.1) is 0 Å². The first-order valence-electron chi connectivity index (χ1n) is 11.6. The van der Waals surface area contributed by atoms with Gasteiger partial charge >= 0.3 is 0 Å². The Kier molecular flexibility index (Phi) is 11.1. The number of guanidine groups is 1. The number of carbonyl (C=O) groups excluding carboxylic acids is 1. The van der Waals surface area contributed by atoms with E-state index in [0.29, 0.717) is 18.1 Å². The lowest BCUT2D eigenvalue weighted by molar-refractivity contribution is -0.127. The zero-order valence-corrected chi connectivity index (χ0v) is 21.7. The molecule has 174 valence electrons. The zero-order valence-electron chi connectivity index (χ0n) is 19.3. The molecule has 1 amide bonds. The Morgan fingerprint density at radius 1 is 1.03 bits per heavy atom. The maximum absolute atomic E-state index is 12.0. The predicted octanol–water partition coefficient (Wildman–Crippen LogP) is 3.79. The number of nitrogens with zero attached hydrogens (tertiary/aromatic N) is 3. The van der Waals surface area contributed by atoms with E-state index < -0.39 is 0 Å². The largest absolute Gasteiger partial charge is 0.354 e. The van der Waals surface area contributed by atoms with E-state index in [-0.39, 0.29) is 36.4 Å². The fourth-order valence-corrected chi connectivity index (χ4v) is 4.43. The second kappa shape index (κ2) is 13.3. The SMILES string of the molecule is CC(c1ccccc1)N1CCC(NC(=NCC(=O)N(C)C)NC2CCCCC2)CC1.I. The van der Waals surface area contributed by atoms with Gasteiger partial charge in [-0.25, -0.2) is 4.99 Å². The number of nitrogens with one attached hydrogen (secondary N) is 2. The molecule has 1 saturated heterocycles. The number of likely N-dealkylation sites (N-methyl/N-ethyl adjacent to an activating group) is 1. The third kappa shape index (κ3) is 8.25. The van der Waals surface area contributed by atoms with Crippen LogP contribution in [0.1, 0.15) is 63.5 Å². The molecule has 1 saturated carbocycles. The van der Waals surface area contributed by atoms with Crippen molar-refractivity contribution in [2.75, 3.05) is 33.7 Å². The predicted molar refractivity (Wildman–Crippen MR) is 139 cm³/mol. The van der Waals surface area contributed by atoms with Crippen molar-refractivity contribution in [3.05, 3.63) is 35.9 Å². The Labute approximate surface area is 205 Å². The summed E-state index contributed by atoms with van der Waals surface area (Å²) in [5.74, 6) is 0.845. The molecule has 0 bridgehead atoms. The second-order valence-electron chi connectivity index (χ2n) is 8.97. The smallest absolute Gasteiger partial charge is 0.243 e. The van der Waals surface area contributed by atoms with Crippen LogP contribution in [0.4, 0.5) is 0 Å². The van der Waals surface area contributed by atoms with Crippen LogP contribution in [0.25, 0.3) is 0 Å². The van der Waals surface area contributed by atoms with E-state index >= 15 is 0 Å². The van der Waals surface area contributed by atoms with Gasteiger partial charge in [0.2, 0.25) is 5.91 Å². The van der Waals surface area contributed by atoms with Crippen molar-refractivity contribution in [2.24, 2.45) is 4.99 Å². The molecule has 1 aromatic rings. The molecular formula is C24H40IN5O. The third-order valence-corrected chi connectivity index (χ3v) is 6.52. The molecule has 0 radical (unpaired) electrons. The Morgan fingerprint density at radius 2 is 1.61 bits per heavy atom. The van der Waals surface area contributed by atoms with Crippen molar-refractivity contribution >= 4 is 35.8 Å². The lowest BCUT2D eigenvalue weighted by atomic mass is 9.95. The number of hydrogen-bond donors (Lipinski definition) is 2. The number of rotatable bonds is 6. The monoisotopic (exact) mass is 541 g/mol. The van der Waals surface area contributed by atoms with Crippen LogP contribution in [0.5, 0.6) is 0 Å². The molecule has 0 spiro atoms. The summed E-state index contributed by atoms with van der Waals surface area (Å²) in [5, 5.41) is 7.25. The van der Waals surface area contributed by atoms with Crippen LogP contribution < -0.4 is 10.6 Å². The highest BCUT2D eigenvalue weighted by atomic mass is 127. The molecule has 1 heterocycles. The van der Waals surface area contributed by atoms with E-state index in [9.17, 15) is 4.79 Å². The summed E-state index contributed by atoms with van der Waals surface area (Å²) in [5.41, 5.74) is 1.38. The van der Waals surface area contributed by atoms with Crippen molar-refractivity contribution in [1.29, 1.82) is 0 Å². The minimum Gasteiger partial charge on any atom is -0.354 e. The summed E-state index contributed by atoms with van der Waals surface area (Å²) in [4.78, 5) is 20.8. The summed E-state index contributed by atoms with van der Waals surface area (Å²) in [6, 6.07) is 12.1. The average molecular weight is 542 g/mol. The lowest BCUT2D eigenvalue weighted by Gasteiger charge is -2.37. The fraction of sp³-hybridized carbons (Fsp3) is 0.667. The molecule has 1 aromatic carbocycles. The van der Waals surface area contributed by atoms with Crippen LogP contribution in [0.2, 0.25) is 0 Å². The first-order chi connectivity index (χ1) is 14.5. The number of likely N-dealkylation sites (tertiary alicyclic amines) is 1. The van der Waals surface area contributed by atoms with Crippen molar-refractivity contribution in [1.82, 2.24) is 20.4 Å². The van der Waals surface area contributed by atoms with E-state index in [4.69, 9.17) is 0 Å².